The largest absolute Gasteiger partial charge is 0.481 e. The van der Waals surface area contributed by atoms with Crippen LogP contribution in [0.2, 0.25) is 0 Å². The molecule has 0 saturated heterocycles. The first-order valence-electron chi connectivity index (χ1n) is 6.60. The number of carbonyl (C=O) groups excluding carboxylic acids is 1. The number of aryl methyl sites for hydroxylation is 1. The summed E-state index contributed by atoms with van der Waals surface area (Å²) in [7, 11) is 0. The third-order valence-corrected chi connectivity index (χ3v) is 4.33. The summed E-state index contributed by atoms with van der Waals surface area (Å²) in [5, 5.41) is 11.6. The summed E-state index contributed by atoms with van der Waals surface area (Å²) >= 11 is 1.25. The van der Waals surface area contributed by atoms with Gasteiger partial charge in [0.25, 0.3) is 5.91 Å². The number of hydrogen-bond donors (Lipinski definition) is 2. The van der Waals surface area contributed by atoms with Gasteiger partial charge in [-0.2, -0.15) is 0 Å². The van der Waals surface area contributed by atoms with Gasteiger partial charge in [-0.05, 0) is 19.1 Å². The Morgan fingerprint density at radius 2 is 2.05 bits per heavy atom. The van der Waals surface area contributed by atoms with Crippen LogP contribution in [0.1, 0.15) is 21.1 Å². The predicted octanol–water partition coefficient (Wildman–Crippen LogP) is 2.58. The molecule has 0 unspecified atom stereocenters. The van der Waals surface area contributed by atoms with Gasteiger partial charge in [-0.15, -0.1) is 0 Å². The fourth-order valence-corrected chi connectivity index (χ4v) is 3.18. The number of fused-ring (bicyclic) bond motifs is 1. The number of anilines is 1. The molecule has 0 spiro atoms. The number of carboxylic acid groups (broad SMARTS) is 1. The van der Waals surface area contributed by atoms with Crippen molar-refractivity contribution in [2.24, 2.45) is 0 Å². The van der Waals surface area contributed by atoms with Crippen molar-refractivity contribution in [1.29, 1.82) is 0 Å². The minimum absolute atomic E-state index is 0.126. The van der Waals surface area contributed by atoms with Crippen molar-refractivity contribution in [3.05, 3.63) is 52.8 Å². The molecule has 22 heavy (non-hydrogen) atoms. The minimum atomic E-state index is -0.926. The molecule has 6 nitrogen and oxygen atoms in total. The van der Waals surface area contributed by atoms with E-state index in [4.69, 9.17) is 5.11 Å². The molecular formula is C15H13N3O3S. The highest BCUT2D eigenvalue weighted by molar-refractivity contribution is 7.19. The van der Waals surface area contributed by atoms with E-state index < -0.39 is 5.97 Å². The van der Waals surface area contributed by atoms with Crippen molar-refractivity contribution in [2.45, 2.75) is 13.3 Å². The molecular weight excluding hydrogens is 302 g/mol. The highest BCUT2D eigenvalue weighted by Crippen LogP contribution is 2.24. The van der Waals surface area contributed by atoms with E-state index in [0.717, 1.165) is 11.4 Å². The molecule has 1 aromatic carbocycles. The molecule has 1 amide bonds. The molecule has 0 aliphatic carbocycles. The first-order chi connectivity index (χ1) is 10.5. The number of rotatable bonds is 4. The van der Waals surface area contributed by atoms with Crippen LogP contribution >= 0.6 is 11.3 Å². The van der Waals surface area contributed by atoms with Gasteiger partial charge in [-0.3, -0.25) is 14.0 Å². The van der Waals surface area contributed by atoms with Crippen molar-refractivity contribution in [3.63, 3.8) is 0 Å². The molecule has 2 N–H and O–H groups in total. The average Bonchev–Trinajstić information content (AvgIpc) is 2.99. The Hall–Kier alpha value is -2.67. The number of hydrogen-bond acceptors (Lipinski definition) is 4. The topological polar surface area (TPSA) is 83.7 Å². The molecule has 3 aromatic rings. The number of nitrogens with one attached hydrogen (secondary N) is 1. The van der Waals surface area contributed by atoms with E-state index in [9.17, 15) is 9.59 Å². The standard InChI is InChI=1S/C15H13N3O3S/c1-9-13(14(21)16-10-5-3-2-4-6-10)22-15-17-11(7-12(19)20)8-18(9)15/h2-6,8H,7H2,1H3,(H,16,21)(H,19,20). The third kappa shape index (κ3) is 2.71. The van der Waals surface area contributed by atoms with Crippen molar-refractivity contribution >= 4 is 33.9 Å². The van der Waals surface area contributed by atoms with Gasteiger partial charge in [0.15, 0.2) is 4.96 Å². The van der Waals surface area contributed by atoms with Crippen LogP contribution < -0.4 is 5.32 Å². The fourth-order valence-electron chi connectivity index (χ4n) is 2.16. The highest BCUT2D eigenvalue weighted by atomic mass is 32.1. The fraction of sp³-hybridized carbons (Fsp3) is 0.133. The predicted molar refractivity (Wildman–Crippen MR) is 83.5 cm³/mol. The summed E-state index contributed by atoms with van der Waals surface area (Å²) in [4.78, 5) is 28.5. The first-order valence-corrected chi connectivity index (χ1v) is 7.42. The van der Waals surface area contributed by atoms with Crippen LogP contribution in [0.3, 0.4) is 0 Å². The molecule has 0 aliphatic heterocycles. The average molecular weight is 315 g/mol. The maximum absolute atomic E-state index is 12.3. The van der Waals surface area contributed by atoms with Crippen LogP contribution in [-0.2, 0) is 11.2 Å². The van der Waals surface area contributed by atoms with Gasteiger partial charge in [0, 0.05) is 17.6 Å². The summed E-state index contributed by atoms with van der Waals surface area (Å²) in [6.45, 7) is 1.82. The van der Waals surface area contributed by atoms with E-state index in [0.29, 0.717) is 15.5 Å². The number of aromatic nitrogens is 2. The molecule has 2 aromatic heterocycles. The molecule has 0 saturated carbocycles. The van der Waals surface area contributed by atoms with Gasteiger partial charge in [-0.1, -0.05) is 29.5 Å². The Morgan fingerprint density at radius 1 is 1.32 bits per heavy atom. The molecule has 0 fully saturated rings. The second-order valence-corrected chi connectivity index (χ2v) is 5.77. The molecule has 2 heterocycles. The number of para-hydroxylation sites is 1. The lowest BCUT2D eigenvalue weighted by Crippen LogP contribution is -2.11. The number of carboxylic acids is 1. The van der Waals surface area contributed by atoms with E-state index in [-0.39, 0.29) is 12.3 Å². The van der Waals surface area contributed by atoms with E-state index in [1.807, 2.05) is 37.3 Å². The van der Waals surface area contributed by atoms with Crippen LogP contribution in [-0.4, -0.2) is 26.4 Å². The third-order valence-electron chi connectivity index (χ3n) is 3.18. The van der Waals surface area contributed by atoms with E-state index >= 15 is 0 Å². The summed E-state index contributed by atoms with van der Waals surface area (Å²) < 4.78 is 1.75. The molecule has 7 heteroatoms. The van der Waals surface area contributed by atoms with Crippen LogP contribution in [0, 0.1) is 6.92 Å². The van der Waals surface area contributed by atoms with Gasteiger partial charge in [0.05, 0.1) is 12.1 Å². The van der Waals surface area contributed by atoms with Gasteiger partial charge < -0.3 is 10.4 Å². The molecule has 3 rings (SSSR count). The Kier molecular flexibility index (Phi) is 3.64. The molecule has 112 valence electrons. The molecule has 0 atom stereocenters. The monoisotopic (exact) mass is 315 g/mol. The minimum Gasteiger partial charge on any atom is -0.481 e. The number of thiazole rings is 1. The second-order valence-electron chi connectivity index (χ2n) is 4.79. The Morgan fingerprint density at radius 3 is 2.68 bits per heavy atom. The van der Waals surface area contributed by atoms with Gasteiger partial charge in [0.1, 0.15) is 4.88 Å². The summed E-state index contributed by atoms with van der Waals surface area (Å²) in [5.41, 5.74) is 1.96. The lowest BCUT2D eigenvalue weighted by atomic mass is 10.3. The zero-order chi connectivity index (χ0) is 15.7. The quantitative estimate of drug-likeness (QED) is 0.775. The smallest absolute Gasteiger partial charge is 0.309 e. The van der Waals surface area contributed by atoms with Gasteiger partial charge in [-0.25, -0.2) is 4.98 Å². The summed E-state index contributed by atoms with van der Waals surface area (Å²) in [6.07, 6.45) is 1.54. The Bertz CT molecular complexity index is 852. The van der Waals surface area contributed by atoms with Crippen LogP contribution in [0.4, 0.5) is 5.69 Å². The van der Waals surface area contributed by atoms with Crippen LogP contribution in [0.15, 0.2) is 36.5 Å². The Labute approximate surface area is 130 Å². The molecule has 0 radical (unpaired) electrons. The number of nitrogens with zero attached hydrogens (tertiary/aromatic N) is 2. The number of imidazole rings is 1. The second kappa shape index (κ2) is 5.61. The van der Waals surface area contributed by atoms with Crippen molar-refractivity contribution in [2.75, 3.05) is 5.32 Å². The van der Waals surface area contributed by atoms with Crippen LogP contribution in [0.5, 0.6) is 0 Å². The van der Waals surface area contributed by atoms with E-state index in [1.165, 1.54) is 11.3 Å². The first kappa shape index (κ1) is 14.3. The van der Waals surface area contributed by atoms with Gasteiger partial charge >= 0.3 is 5.97 Å². The number of carbonyl (C=O) groups is 2. The normalized spacial score (nSPS) is 10.8. The van der Waals surface area contributed by atoms with Crippen molar-refractivity contribution in [1.82, 2.24) is 9.38 Å². The number of benzene rings is 1. The zero-order valence-electron chi connectivity index (χ0n) is 11.7. The summed E-state index contributed by atoms with van der Waals surface area (Å²) in [6, 6.07) is 9.21. The lowest BCUT2D eigenvalue weighted by Gasteiger charge is -2.03. The van der Waals surface area contributed by atoms with E-state index in [2.05, 4.69) is 10.3 Å². The van der Waals surface area contributed by atoms with Crippen LogP contribution in [0.25, 0.3) is 4.96 Å². The SMILES string of the molecule is Cc1c(C(=O)Nc2ccccc2)sc2nc(CC(=O)O)cn12. The highest BCUT2D eigenvalue weighted by Gasteiger charge is 2.18. The number of amides is 1. The number of aliphatic carboxylic acids is 1. The van der Waals surface area contributed by atoms with E-state index in [1.54, 1.807) is 10.6 Å². The molecule has 0 bridgehead atoms. The maximum atomic E-state index is 12.3. The maximum Gasteiger partial charge on any atom is 0.309 e. The lowest BCUT2D eigenvalue weighted by molar-refractivity contribution is -0.136. The zero-order valence-corrected chi connectivity index (χ0v) is 12.6. The summed E-state index contributed by atoms with van der Waals surface area (Å²) in [5.74, 6) is -1.12. The van der Waals surface area contributed by atoms with Crippen molar-refractivity contribution in [3.8, 4) is 0 Å². The molecule has 0 aliphatic rings. The van der Waals surface area contributed by atoms with Crippen molar-refractivity contribution < 1.29 is 14.7 Å². The van der Waals surface area contributed by atoms with Gasteiger partial charge in [0.2, 0.25) is 0 Å². The Balaban J connectivity index is 1.88.